The van der Waals surface area contributed by atoms with Gasteiger partial charge in [-0.2, -0.15) is 5.10 Å². The van der Waals surface area contributed by atoms with Gasteiger partial charge in [-0.15, -0.1) is 0 Å². The minimum atomic E-state index is -0.488. The number of aromatic hydroxyl groups is 1. The Balaban J connectivity index is 2.09. The summed E-state index contributed by atoms with van der Waals surface area (Å²) in [6.07, 6.45) is 3.31. The summed E-state index contributed by atoms with van der Waals surface area (Å²) < 4.78 is 11.4. The van der Waals surface area contributed by atoms with Crippen molar-refractivity contribution in [2.75, 3.05) is 13.2 Å². The van der Waals surface area contributed by atoms with E-state index in [2.05, 4.69) is 10.5 Å². The molecule has 2 N–H and O–H groups in total. The third-order valence-corrected chi connectivity index (χ3v) is 3.44. The molecule has 6 heteroatoms. The normalized spacial score (nSPS) is 10.7. The van der Waals surface area contributed by atoms with Crippen molar-refractivity contribution in [1.29, 1.82) is 0 Å². The topological polar surface area (TPSA) is 80.2 Å². The average Bonchev–Trinajstić information content (AvgIpc) is 2.66. The third-order valence-electron chi connectivity index (χ3n) is 3.44. The van der Waals surface area contributed by atoms with Crippen molar-refractivity contribution >= 4 is 12.1 Å². The van der Waals surface area contributed by atoms with Crippen LogP contribution in [0.4, 0.5) is 0 Å². The lowest BCUT2D eigenvalue weighted by molar-refractivity contribution is 0.0952. The highest BCUT2D eigenvalue weighted by Gasteiger charge is 2.09. The fourth-order valence-electron chi connectivity index (χ4n) is 2.15. The molecule has 0 saturated heterocycles. The van der Waals surface area contributed by atoms with Crippen molar-refractivity contribution in [1.82, 2.24) is 5.43 Å². The number of benzene rings is 2. The summed E-state index contributed by atoms with van der Waals surface area (Å²) in [5.41, 5.74) is 3.29. The maximum Gasteiger partial charge on any atom is 0.275 e. The van der Waals surface area contributed by atoms with Crippen LogP contribution in [0.1, 0.15) is 42.6 Å². The lowest BCUT2D eigenvalue weighted by Crippen LogP contribution is -2.17. The molecule has 0 radical (unpaired) electrons. The first-order chi connectivity index (χ1) is 12.7. The number of hydrogen-bond acceptors (Lipinski definition) is 5. The number of hydrogen-bond donors (Lipinski definition) is 2. The summed E-state index contributed by atoms with van der Waals surface area (Å²) in [6.45, 7) is 5.28. The van der Waals surface area contributed by atoms with E-state index in [4.69, 9.17) is 9.47 Å². The summed E-state index contributed by atoms with van der Waals surface area (Å²) in [7, 11) is 0. The smallest absolute Gasteiger partial charge is 0.275 e. The average molecular weight is 356 g/mol. The van der Waals surface area contributed by atoms with Gasteiger partial charge in [-0.25, -0.2) is 5.43 Å². The van der Waals surface area contributed by atoms with Gasteiger partial charge in [0.15, 0.2) is 0 Å². The first-order valence-electron chi connectivity index (χ1n) is 8.66. The predicted molar refractivity (Wildman–Crippen MR) is 101 cm³/mol. The first kappa shape index (κ1) is 19.3. The Labute approximate surface area is 153 Å². The Morgan fingerprint density at radius 1 is 1.12 bits per heavy atom. The molecular formula is C20H24N2O4. The number of carbonyl (C=O) groups is 1. The van der Waals surface area contributed by atoms with Crippen LogP contribution in [0.3, 0.4) is 0 Å². The molecule has 0 aliphatic rings. The van der Waals surface area contributed by atoms with Crippen LogP contribution >= 0.6 is 0 Å². The number of rotatable bonds is 9. The molecule has 2 rings (SSSR count). The highest BCUT2D eigenvalue weighted by molar-refractivity contribution is 5.97. The van der Waals surface area contributed by atoms with Crippen molar-refractivity contribution in [3.8, 4) is 17.2 Å². The molecule has 0 saturated carbocycles. The Hall–Kier alpha value is -3.02. The van der Waals surface area contributed by atoms with Crippen LogP contribution in [0.2, 0.25) is 0 Å². The van der Waals surface area contributed by atoms with Gasteiger partial charge in [-0.1, -0.05) is 26.0 Å². The van der Waals surface area contributed by atoms with Crippen LogP contribution in [0.25, 0.3) is 0 Å². The van der Waals surface area contributed by atoms with Gasteiger partial charge in [0.2, 0.25) is 0 Å². The number of phenols is 1. The standard InChI is InChI=1S/C20H24N2O4/c1-3-11-25-16-10-9-15(19(13-16)26-12-4-2)14-21-22-20(24)17-7-5-6-8-18(17)23/h5-10,13-14,23H,3-4,11-12H2,1-2H3,(H,22,24)/b21-14-. The summed E-state index contributed by atoms with van der Waals surface area (Å²) in [4.78, 5) is 12.0. The molecule has 0 unspecified atom stereocenters. The van der Waals surface area contributed by atoms with Gasteiger partial charge in [-0.05, 0) is 37.1 Å². The molecule has 26 heavy (non-hydrogen) atoms. The third kappa shape index (κ3) is 5.51. The molecule has 0 fully saturated rings. The minimum absolute atomic E-state index is 0.0930. The minimum Gasteiger partial charge on any atom is -0.507 e. The van der Waals surface area contributed by atoms with E-state index in [1.165, 1.54) is 18.3 Å². The van der Waals surface area contributed by atoms with Gasteiger partial charge in [0.05, 0.1) is 25.0 Å². The van der Waals surface area contributed by atoms with Gasteiger partial charge in [-0.3, -0.25) is 4.79 Å². The molecule has 0 atom stereocenters. The first-order valence-corrected chi connectivity index (χ1v) is 8.66. The number of carbonyl (C=O) groups excluding carboxylic acids is 1. The van der Waals surface area contributed by atoms with Gasteiger partial charge < -0.3 is 14.6 Å². The van der Waals surface area contributed by atoms with E-state index in [0.29, 0.717) is 19.0 Å². The summed E-state index contributed by atoms with van der Waals surface area (Å²) in [5.74, 6) is 0.789. The van der Waals surface area contributed by atoms with Crippen LogP contribution in [0.15, 0.2) is 47.6 Å². The van der Waals surface area contributed by atoms with Crippen LogP contribution in [0, 0.1) is 0 Å². The van der Waals surface area contributed by atoms with Gasteiger partial charge in [0, 0.05) is 11.6 Å². The Morgan fingerprint density at radius 2 is 1.85 bits per heavy atom. The van der Waals surface area contributed by atoms with Crippen molar-refractivity contribution in [2.24, 2.45) is 5.10 Å². The second-order valence-electron chi connectivity index (χ2n) is 5.61. The lowest BCUT2D eigenvalue weighted by atomic mass is 10.2. The number of amides is 1. The van der Waals surface area contributed by atoms with Crippen LogP contribution in [-0.2, 0) is 0 Å². The molecule has 1 amide bonds. The van der Waals surface area contributed by atoms with Gasteiger partial charge >= 0.3 is 0 Å². The zero-order valence-corrected chi connectivity index (χ0v) is 15.1. The molecule has 0 spiro atoms. The number of phenolic OH excluding ortho intramolecular Hbond substituents is 1. The van der Waals surface area contributed by atoms with Crippen molar-refractivity contribution in [3.05, 3.63) is 53.6 Å². The number of ether oxygens (including phenoxy) is 2. The molecule has 2 aromatic carbocycles. The van der Waals surface area contributed by atoms with E-state index in [-0.39, 0.29) is 11.3 Å². The van der Waals surface area contributed by atoms with E-state index in [1.54, 1.807) is 12.1 Å². The highest BCUT2D eigenvalue weighted by atomic mass is 16.5. The highest BCUT2D eigenvalue weighted by Crippen LogP contribution is 2.24. The zero-order chi connectivity index (χ0) is 18.8. The van der Waals surface area contributed by atoms with Crippen LogP contribution in [-0.4, -0.2) is 30.4 Å². The van der Waals surface area contributed by atoms with E-state index < -0.39 is 5.91 Å². The zero-order valence-electron chi connectivity index (χ0n) is 15.1. The maximum absolute atomic E-state index is 12.0. The maximum atomic E-state index is 12.0. The van der Waals surface area contributed by atoms with Crippen LogP contribution < -0.4 is 14.9 Å². The second-order valence-corrected chi connectivity index (χ2v) is 5.61. The SMILES string of the molecule is CCCOc1ccc(/C=N\NC(=O)c2ccccc2O)c(OCCC)c1. The van der Waals surface area contributed by atoms with E-state index in [9.17, 15) is 9.90 Å². The largest absolute Gasteiger partial charge is 0.507 e. The summed E-state index contributed by atoms with van der Waals surface area (Å²) in [5, 5.41) is 13.7. The molecule has 0 heterocycles. The molecule has 2 aromatic rings. The van der Waals surface area contributed by atoms with Gasteiger partial charge in [0.25, 0.3) is 5.91 Å². The van der Waals surface area contributed by atoms with Crippen LogP contribution in [0.5, 0.6) is 17.2 Å². The number of para-hydroxylation sites is 1. The van der Waals surface area contributed by atoms with Gasteiger partial charge in [0.1, 0.15) is 17.2 Å². The quantitative estimate of drug-likeness (QED) is 0.530. The lowest BCUT2D eigenvalue weighted by Gasteiger charge is -2.11. The molecule has 0 aliphatic carbocycles. The second kappa shape index (κ2) is 10.1. The fraction of sp³-hybridized carbons (Fsp3) is 0.300. The molecular weight excluding hydrogens is 332 g/mol. The monoisotopic (exact) mass is 356 g/mol. The summed E-state index contributed by atoms with van der Waals surface area (Å²) >= 11 is 0. The predicted octanol–water partition coefficient (Wildman–Crippen LogP) is 3.73. The van der Waals surface area contributed by atoms with E-state index >= 15 is 0 Å². The molecule has 6 nitrogen and oxygen atoms in total. The summed E-state index contributed by atoms with van der Waals surface area (Å²) in [6, 6.07) is 11.8. The van der Waals surface area contributed by atoms with E-state index in [0.717, 1.165) is 24.2 Å². The molecule has 0 aromatic heterocycles. The molecule has 0 aliphatic heterocycles. The fourth-order valence-corrected chi connectivity index (χ4v) is 2.15. The number of nitrogens with zero attached hydrogens (tertiary/aromatic N) is 1. The molecule has 0 bridgehead atoms. The Morgan fingerprint density at radius 3 is 2.58 bits per heavy atom. The number of hydrazone groups is 1. The Bertz CT molecular complexity index is 759. The van der Waals surface area contributed by atoms with E-state index in [1.807, 2.05) is 32.0 Å². The number of nitrogens with one attached hydrogen (secondary N) is 1. The van der Waals surface area contributed by atoms with Crippen molar-refractivity contribution < 1.29 is 19.4 Å². The van der Waals surface area contributed by atoms with Crippen molar-refractivity contribution in [2.45, 2.75) is 26.7 Å². The molecule has 138 valence electrons. The van der Waals surface area contributed by atoms with Crippen molar-refractivity contribution in [3.63, 3.8) is 0 Å². The Kier molecular flexibility index (Phi) is 7.49.